The van der Waals surface area contributed by atoms with Gasteiger partial charge >= 0.3 is 0 Å². The van der Waals surface area contributed by atoms with Crippen molar-refractivity contribution in [3.63, 3.8) is 0 Å². The Hall–Kier alpha value is -1.07. The predicted molar refractivity (Wildman–Crippen MR) is 84.2 cm³/mol. The van der Waals surface area contributed by atoms with Gasteiger partial charge in [0.15, 0.2) is 0 Å². The van der Waals surface area contributed by atoms with Crippen LogP contribution in [-0.2, 0) is 13.6 Å². The molecule has 1 aliphatic rings. The van der Waals surface area contributed by atoms with E-state index in [-0.39, 0.29) is 5.54 Å². The molecule has 1 saturated heterocycles. The molecular weight excluding hydrogens is 250 g/mol. The first-order chi connectivity index (χ1) is 9.28. The van der Waals surface area contributed by atoms with Crippen molar-refractivity contribution in [2.45, 2.75) is 39.8 Å². The van der Waals surface area contributed by atoms with Crippen LogP contribution in [0.15, 0.2) is 0 Å². The van der Waals surface area contributed by atoms with Crippen molar-refractivity contribution in [1.82, 2.24) is 20.0 Å². The zero-order valence-corrected chi connectivity index (χ0v) is 13.8. The van der Waals surface area contributed by atoms with Crippen LogP contribution in [0.5, 0.6) is 0 Å². The van der Waals surface area contributed by atoms with E-state index >= 15 is 0 Å². The number of nitrogens with zero attached hydrogens (tertiary/aromatic N) is 4. The van der Waals surface area contributed by atoms with Gasteiger partial charge in [-0.15, -0.1) is 0 Å². The van der Waals surface area contributed by atoms with Gasteiger partial charge in [-0.1, -0.05) is 0 Å². The van der Waals surface area contributed by atoms with Crippen molar-refractivity contribution in [2.24, 2.45) is 7.05 Å². The van der Waals surface area contributed by atoms with Crippen LogP contribution in [0.3, 0.4) is 0 Å². The molecule has 0 spiro atoms. The Morgan fingerprint density at radius 1 is 1.10 bits per heavy atom. The average molecular weight is 279 g/mol. The number of piperazine rings is 1. The van der Waals surface area contributed by atoms with Crippen molar-refractivity contribution < 1.29 is 0 Å². The normalized spacial score (nSPS) is 17.8. The molecule has 0 amide bonds. The van der Waals surface area contributed by atoms with Gasteiger partial charge in [-0.2, -0.15) is 5.10 Å². The Balaban J connectivity index is 2.19. The van der Waals surface area contributed by atoms with E-state index in [1.165, 1.54) is 11.4 Å². The smallest absolute Gasteiger partial charge is 0.131 e. The van der Waals surface area contributed by atoms with Crippen LogP contribution in [0, 0.1) is 6.92 Å². The molecular formula is C15H29N5. The lowest BCUT2D eigenvalue weighted by Crippen LogP contribution is -2.45. The van der Waals surface area contributed by atoms with Crippen molar-refractivity contribution in [3.05, 3.63) is 11.3 Å². The van der Waals surface area contributed by atoms with Crippen LogP contribution in [0.4, 0.5) is 5.82 Å². The Morgan fingerprint density at radius 3 is 2.25 bits per heavy atom. The minimum atomic E-state index is 0.127. The van der Waals surface area contributed by atoms with E-state index in [0.29, 0.717) is 0 Å². The van der Waals surface area contributed by atoms with Gasteiger partial charge in [0.25, 0.3) is 0 Å². The third-order valence-corrected chi connectivity index (χ3v) is 3.91. The summed E-state index contributed by atoms with van der Waals surface area (Å²) in [6.07, 6.45) is 0. The lowest BCUT2D eigenvalue weighted by molar-refractivity contribution is 0.310. The molecule has 0 atom stereocenters. The quantitative estimate of drug-likeness (QED) is 0.906. The third kappa shape index (κ3) is 3.52. The van der Waals surface area contributed by atoms with Gasteiger partial charge in [-0.25, -0.2) is 0 Å². The SMILES string of the molecule is Cc1nn(C)c(N2CCN(C)CC2)c1CNC(C)(C)C. The van der Waals surface area contributed by atoms with E-state index < -0.39 is 0 Å². The van der Waals surface area contributed by atoms with Crippen molar-refractivity contribution in [3.8, 4) is 0 Å². The first kappa shape index (κ1) is 15.3. The number of aromatic nitrogens is 2. The van der Waals surface area contributed by atoms with Gasteiger partial charge in [0, 0.05) is 50.9 Å². The zero-order chi connectivity index (χ0) is 14.9. The largest absolute Gasteiger partial charge is 0.354 e. The highest BCUT2D eigenvalue weighted by atomic mass is 15.4. The first-order valence-electron chi connectivity index (χ1n) is 7.49. The van der Waals surface area contributed by atoms with E-state index in [0.717, 1.165) is 38.4 Å². The molecule has 1 aliphatic heterocycles. The monoisotopic (exact) mass is 279 g/mol. The number of aryl methyl sites for hydroxylation is 2. The van der Waals surface area contributed by atoms with Crippen LogP contribution >= 0.6 is 0 Å². The summed E-state index contributed by atoms with van der Waals surface area (Å²) in [6, 6.07) is 0. The van der Waals surface area contributed by atoms with E-state index in [1.54, 1.807) is 0 Å². The third-order valence-electron chi connectivity index (χ3n) is 3.91. The minimum Gasteiger partial charge on any atom is -0.354 e. The topological polar surface area (TPSA) is 36.3 Å². The Morgan fingerprint density at radius 2 is 1.70 bits per heavy atom. The molecule has 1 fully saturated rings. The standard InChI is InChI=1S/C15H29N5/c1-12-13(11-16-15(2,3)4)14(19(6)17-12)20-9-7-18(5)8-10-20/h16H,7-11H2,1-6H3. The summed E-state index contributed by atoms with van der Waals surface area (Å²) in [5.74, 6) is 1.28. The summed E-state index contributed by atoms with van der Waals surface area (Å²) >= 11 is 0. The zero-order valence-electron chi connectivity index (χ0n) is 13.8. The number of anilines is 1. The van der Waals surface area contributed by atoms with Crippen molar-refractivity contribution >= 4 is 5.82 Å². The molecule has 1 N–H and O–H groups in total. The predicted octanol–water partition coefficient (Wildman–Crippen LogP) is 1.37. The molecule has 1 aromatic rings. The molecule has 5 nitrogen and oxygen atoms in total. The van der Waals surface area contributed by atoms with Gasteiger partial charge in [-0.05, 0) is 34.7 Å². The van der Waals surface area contributed by atoms with Gasteiger partial charge in [0.1, 0.15) is 5.82 Å². The fourth-order valence-corrected chi connectivity index (χ4v) is 2.66. The van der Waals surface area contributed by atoms with Crippen LogP contribution < -0.4 is 10.2 Å². The second-order valence-electron chi connectivity index (χ2n) is 6.91. The van der Waals surface area contributed by atoms with Gasteiger partial charge in [0.2, 0.25) is 0 Å². The lowest BCUT2D eigenvalue weighted by Gasteiger charge is -2.34. The Kier molecular flexibility index (Phi) is 4.39. The van der Waals surface area contributed by atoms with Crippen molar-refractivity contribution in [2.75, 3.05) is 38.1 Å². The first-order valence-corrected chi connectivity index (χ1v) is 7.49. The lowest BCUT2D eigenvalue weighted by atomic mass is 10.1. The molecule has 0 bridgehead atoms. The number of nitrogens with one attached hydrogen (secondary N) is 1. The van der Waals surface area contributed by atoms with E-state index in [4.69, 9.17) is 0 Å². The molecule has 2 rings (SSSR count). The van der Waals surface area contributed by atoms with Crippen LogP contribution in [0.1, 0.15) is 32.0 Å². The molecule has 0 aromatic carbocycles. The molecule has 0 radical (unpaired) electrons. The summed E-state index contributed by atoms with van der Waals surface area (Å²) in [6.45, 7) is 14.0. The van der Waals surface area contributed by atoms with Crippen LogP contribution in [-0.4, -0.2) is 53.4 Å². The number of hydrogen-bond acceptors (Lipinski definition) is 4. The Bertz CT molecular complexity index is 450. The molecule has 5 heteroatoms. The van der Waals surface area contributed by atoms with Gasteiger partial charge in [-0.3, -0.25) is 4.68 Å². The maximum Gasteiger partial charge on any atom is 0.131 e. The van der Waals surface area contributed by atoms with E-state index in [2.05, 4.69) is 62.0 Å². The highest BCUT2D eigenvalue weighted by molar-refractivity contribution is 5.50. The second-order valence-corrected chi connectivity index (χ2v) is 6.91. The Labute approximate surface area is 122 Å². The molecule has 0 saturated carbocycles. The van der Waals surface area contributed by atoms with E-state index in [1.807, 2.05) is 4.68 Å². The van der Waals surface area contributed by atoms with Gasteiger partial charge < -0.3 is 15.1 Å². The summed E-state index contributed by atoms with van der Waals surface area (Å²) in [5, 5.41) is 8.22. The van der Waals surface area contributed by atoms with Gasteiger partial charge in [0.05, 0.1) is 5.69 Å². The highest BCUT2D eigenvalue weighted by Crippen LogP contribution is 2.24. The fraction of sp³-hybridized carbons (Fsp3) is 0.800. The van der Waals surface area contributed by atoms with Crippen LogP contribution in [0.25, 0.3) is 0 Å². The number of likely N-dealkylation sites (N-methyl/N-ethyl adjacent to an activating group) is 1. The maximum absolute atomic E-state index is 4.63. The van der Waals surface area contributed by atoms with E-state index in [9.17, 15) is 0 Å². The molecule has 0 aliphatic carbocycles. The fourth-order valence-electron chi connectivity index (χ4n) is 2.66. The highest BCUT2D eigenvalue weighted by Gasteiger charge is 2.23. The second kappa shape index (κ2) is 5.74. The number of rotatable bonds is 3. The molecule has 20 heavy (non-hydrogen) atoms. The molecule has 114 valence electrons. The summed E-state index contributed by atoms with van der Waals surface area (Å²) in [7, 11) is 4.25. The summed E-state index contributed by atoms with van der Waals surface area (Å²) in [5.41, 5.74) is 2.60. The molecule has 1 aromatic heterocycles. The summed E-state index contributed by atoms with van der Waals surface area (Å²) < 4.78 is 2.04. The molecule has 2 heterocycles. The number of hydrogen-bond donors (Lipinski definition) is 1. The van der Waals surface area contributed by atoms with Crippen molar-refractivity contribution in [1.29, 1.82) is 0 Å². The molecule has 0 unspecified atom stereocenters. The maximum atomic E-state index is 4.63. The summed E-state index contributed by atoms with van der Waals surface area (Å²) in [4.78, 5) is 4.85. The van der Waals surface area contributed by atoms with Crippen LogP contribution in [0.2, 0.25) is 0 Å². The average Bonchev–Trinajstić information content (AvgIpc) is 2.61. The minimum absolute atomic E-state index is 0.127.